The minimum Gasteiger partial charge on any atom is -0.366 e. The molecule has 6 rings (SSSR count). The lowest BCUT2D eigenvalue weighted by Crippen LogP contribution is -2.48. The third-order valence-electron chi connectivity index (χ3n) is 7.50. The normalized spacial score (nSPS) is 15.3. The number of benzene rings is 3. The Hall–Kier alpha value is -5.45. The number of nitrogens with zero attached hydrogens (tertiary/aromatic N) is 3. The zero-order valence-electron chi connectivity index (χ0n) is 23.3. The molecule has 3 aromatic carbocycles. The first-order valence-electron chi connectivity index (χ1n) is 13.5. The van der Waals surface area contributed by atoms with Crippen molar-refractivity contribution < 1.29 is 18.9 Å². The zero-order valence-corrected chi connectivity index (χ0v) is 23.3. The third-order valence-corrected chi connectivity index (χ3v) is 7.50. The molecular weight excluding hydrogens is 534 g/mol. The number of hydrogen-bond donors (Lipinski definition) is 4. The number of carbonyl (C=O) groups is 3. The first-order chi connectivity index (χ1) is 20.2. The standard InChI is InChI=1S/C31H29N7O4/c1-16-26(18(3)42-37-16)20-12-13-23-22(14-20)28(19-8-5-4-6-9-19)38(31(41)35-23)15-25(39)33-17(2)30-34-24-11-7-10-21(29(32)40)27(24)36-30/h4-14,17,28H,15H2,1-3H3,(H2,32,40)(H,33,39)(H,34,36)(H,35,41)/t17-,28?/m0/s1. The molecule has 0 fully saturated rings. The van der Waals surface area contributed by atoms with E-state index in [9.17, 15) is 14.4 Å². The minimum atomic E-state index is -0.587. The second-order valence-electron chi connectivity index (χ2n) is 10.3. The number of rotatable bonds is 7. The van der Waals surface area contributed by atoms with Gasteiger partial charge < -0.3 is 30.8 Å². The van der Waals surface area contributed by atoms with Crippen LogP contribution in [0.3, 0.4) is 0 Å². The molecule has 0 radical (unpaired) electrons. The summed E-state index contributed by atoms with van der Waals surface area (Å²) in [6.45, 7) is 5.31. The number of carbonyl (C=O) groups excluding carboxylic acids is 3. The number of nitrogens with one attached hydrogen (secondary N) is 3. The van der Waals surface area contributed by atoms with E-state index < -0.39 is 18.0 Å². The molecule has 11 heteroatoms. The Morgan fingerprint density at radius 1 is 1.10 bits per heavy atom. The molecule has 5 N–H and O–H groups in total. The predicted octanol–water partition coefficient (Wildman–Crippen LogP) is 4.75. The topological polar surface area (TPSA) is 159 Å². The Morgan fingerprint density at radius 2 is 1.88 bits per heavy atom. The number of amides is 4. The lowest BCUT2D eigenvalue weighted by Gasteiger charge is -2.37. The van der Waals surface area contributed by atoms with Crippen LogP contribution in [0.2, 0.25) is 0 Å². The van der Waals surface area contributed by atoms with Crippen molar-refractivity contribution in [2.24, 2.45) is 5.73 Å². The Morgan fingerprint density at radius 3 is 2.60 bits per heavy atom. The van der Waals surface area contributed by atoms with Gasteiger partial charge in [0.25, 0.3) is 5.91 Å². The lowest BCUT2D eigenvalue weighted by molar-refractivity contribution is -0.122. The number of fused-ring (bicyclic) bond motifs is 2. The first kappa shape index (κ1) is 26.8. The number of urea groups is 1. The van der Waals surface area contributed by atoms with Gasteiger partial charge in [0.05, 0.1) is 28.9 Å². The van der Waals surface area contributed by atoms with Crippen molar-refractivity contribution in [2.75, 3.05) is 11.9 Å². The number of aromatic nitrogens is 3. The van der Waals surface area contributed by atoms with Crippen molar-refractivity contribution in [3.63, 3.8) is 0 Å². The Bertz CT molecular complexity index is 1820. The highest BCUT2D eigenvalue weighted by atomic mass is 16.5. The fraction of sp³-hybridized carbons (Fsp3) is 0.194. The molecule has 3 heterocycles. The first-order valence-corrected chi connectivity index (χ1v) is 13.5. The van der Waals surface area contributed by atoms with Crippen LogP contribution in [-0.4, -0.2) is 44.4 Å². The van der Waals surface area contributed by atoms with Crippen molar-refractivity contribution in [3.8, 4) is 11.1 Å². The molecule has 0 saturated carbocycles. The van der Waals surface area contributed by atoms with E-state index in [-0.39, 0.29) is 18.5 Å². The molecule has 0 saturated heterocycles. The van der Waals surface area contributed by atoms with E-state index >= 15 is 0 Å². The zero-order chi connectivity index (χ0) is 29.5. The number of primary amides is 1. The number of para-hydroxylation sites is 1. The second-order valence-corrected chi connectivity index (χ2v) is 10.3. The molecule has 1 aliphatic rings. The number of hydrogen-bond acceptors (Lipinski definition) is 6. The van der Waals surface area contributed by atoms with Crippen LogP contribution in [0.25, 0.3) is 22.2 Å². The van der Waals surface area contributed by atoms with Gasteiger partial charge in [-0.3, -0.25) is 9.59 Å². The molecular formula is C31H29N7O4. The number of anilines is 1. The van der Waals surface area contributed by atoms with Crippen molar-refractivity contribution >= 4 is 34.6 Å². The Kier molecular flexibility index (Phi) is 6.69. The summed E-state index contributed by atoms with van der Waals surface area (Å²) < 4.78 is 5.39. The number of H-pyrrole nitrogens is 1. The fourth-order valence-corrected chi connectivity index (χ4v) is 5.55. The van der Waals surface area contributed by atoms with Crippen LogP contribution in [0.15, 0.2) is 71.3 Å². The van der Waals surface area contributed by atoms with Gasteiger partial charge in [0.1, 0.15) is 23.6 Å². The van der Waals surface area contributed by atoms with E-state index in [2.05, 4.69) is 25.8 Å². The van der Waals surface area contributed by atoms with Gasteiger partial charge in [0, 0.05) is 16.8 Å². The SMILES string of the molecule is Cc1noc(C)c1-c1ccc2c(c1)C(c1ccccc1)N(CC(=O)N[C@@H](C)c1nc3c(C(N)=O)cccc3[nH]1)C(=O)N2. The van der Waals surface area contributed by atoms with Gasteiger partial charge >= 0.3 is 6.03 Å². The highest BCUT2D eigenvalue weighted by Gasteiger charge is 2.35. The lowest BCUT2D eigenvalue weighted by atomic mass is 9.90. The van der Waals surface area contributed by atoms with E-state index in [1.54, 1.807) is 25.1 Å². The average Bonchev–Trinajstić information content (AvgIpc) is 3.56. The average molecular weight is 564 g/mol. The highest BCUT2D eigenvalue weighted by molar-refractivity contribution is 6.04. The minimum absolute atomic E-state index is 0.211. The maximum absolute atomic E-state index is 13.4. The smallest absolute Gasteiger partial charge is 0.323 e. The molecule has 2 aromatic heterocycles. The summed E-state index contributed by atoms with van der Waals surface area (Å²) in [5.74, 6) is 0.196. The van der Waals surface area contributed by atoms with Gasteiger partial charge in [-0.05, 0) is 56.2 Å². The summed E-state index contributed by atoms with van der Waals surface area (Å²) in [5.41, 5.74) is 11.8. The van der Waals surface area contributed by atoms with Crippen LogP contribution in [0.4, 0.5) is 10.5 Å². The molecule has 2 atom stereocenters. The number of nitrogens with two attached hydrogens (primary N) is 1. The van der Waals surface area contributed by atoms with Crippen LogP contribution in [0.1, 0.15) is 57.8 Å². The summed E-state index contributed by atoms with van der Waals surface area (Å²) in [5, 5.41) is 9.96. The third kappa shape index (κ3) is 4.74. The Labute approximate surface area is 241 Å². The summed E-state index contributed by atoms with van der Waals surface area (Å²) >= 11 is 0. The Balaban J connectivity index is 1.31. The number of aryl methyl sites for hydroxylation is 2. The molecule has 11 nitrogen and oxygen atoms in total. The number of imidazole rings is 1. The van der Waals surface area contributed by atoms with Crippen LogP contribution in [0.5, 0.6) is 0 Å². The van der Waals surface area contributed by atoms with Crippen LogP contribution in [-0.2, 0) is 4.79 Å². The van der Waals surface area contributed by atoms with Crippen molar-refractivity contribution in [3.05, 3.63) is 101 Å². The van der Waals surface area contributed by atoms with E-state index in [1.807, 2.05) is 62.4 Å². The van der Waals surface area contributed by atoms with Crippen molar-refractivity contribution in [1.29, 1.82) is 0 Å². The van der Waals surface area contributed by atoms with E-state index in [0.29, 0.717) is 33.9 Å². The van der Waals surface area contributed by atoms with Gasteiger partial charge in [-0.1, -0.05) is 47.6 Å². The molecule has 4 amide bonds. The molecule has 212 valence electrons. The molecule has 0 bridgehead atoms. The fourth-order valence-electron chi connectivity index (χ4n) is 5.55. The number of aromatic amines is 1. The monoisotopic (exact) mass is 563 g/mol. The van der Waals surface area contributed by atoms with Gasteiger partial charge in [-0.15, -0.1) is 0 Å². The molecule has 1 aliphatic heterocycles. The van der Waals surface area contributed by atoms with Gasteiger partial charge in [-0.25, -0.2) is 9.78 Å². The van der Waals surface area contributed by atoms with E-state index in [1.165, 1.54) is 4.90 Å². The van der Waals surface area contributed by atoms with Crippen molar-refractivity contribution in [2.45, 2.75) is 32.9 Å². The summed E-state index contributed by atoms with van der Waals surface area (Å²) in [6.07, 6.45) is 0. The molecule has 1 unspecified atom stereocenters. The maximum Gasteiger partial charge on any atom is 0.323 e. The molecule has 0 spiro atoms. The van der Waals surface area contributed by atoms with E-state index in [0.717, 1.165) is 27.9 Å². The maximum atomic E-state index is 13.4. The highest BCUT2D eigenvalue weighted by Crippen LogP contribution is 2.40. The van der Waals surface area contributed by atoms with Gasteiger partial charge in [0.2, 0.25) is 5.91 Å². The molecule has 5 aromatic rings. The van der Waals surface area contributed by atoms with Gasteiger partial charge in [0.15, 0.2) is 0 Å². The van der Waals surface area contributed by atoms with Gasteiger partial charge in [-0.2, -0.15) is 0 Å². The van der Waals surface area contributed by atoms with Crippen LogP contribution < -0.4 is 16.4 Å². The molecule has 0 aliphatic carbocycles. The largest absolute Gasteiger partial charge is 0.366 e. The molecule has 42 heavy (non-hydrogen) atoms. The summed E-state index contributed by atoms with van der Waals surface area (Å²) in [6, 6.07) is 19.0. The van der Waals surface area contributed by atoms with Crippen LogP contribution >= 0.6 is 0 Å². The predicted molar refractivity (Wildman–Crippen MR) is 157 cm³/mol. The van der Waals surface area contributed by atoms with Crippen LogP contribution in [0, 0.1) is 13.8 Å². The summed E-state index contributed by atoms with van der Waals surface area (Å²) in [4.78, 5) is 47.8. The summed E-state index contributed by atoms with van der Waals surface area (Å²) in [7, 11) is 0. The quantitative estimate of drug-likeness (QED) is 0.224. The second kappa shape index (κ2) is 10.5. The van der Waals surface area contributed by atoms with E-state index in [4.69, 9.17) is 10.3 Å². The van der Waals surface area contributed by atoms with Crippen molar-refractivity contribution in [1.82, 2.24) is 25.3 Å².